The van der Waals surface area contributed by atoms with Gasteiger partial charge in [0, 0.05) is 12.7 Å². The van der Waals surface area contributed by atoms with Crippen molar-refractivity contribution >= 4 is 29.1 Å². The molecule has 2 rings (SSSR count). The maximum atomic E-state index is 12.1. The molecule has 1 heterocycles. The quantitative estimate of drug-likeness (QED) is 0.863. The van der Waals surface area contributed by atoms with E-state index in [1.165, 1.54) is 12.3 Å². The molecule has 0 aromatic carbocycles. The summed E-state index contributed by atoms with van der Waals surface area (Å²) in [6, 6.07) is 1.49. The fourth-order valence-corrected chi connectivity index (χ4v) is 3.07. The summed E-state index contributed by atoms with van der Waals surface area (Å²) in [4.78, 5) is 15.9. The predicted octanol–water partition coefficient (Wildman–Crippen LogP) is 3.80. The first kappa shape index (κ1) is 14.6. The molecule has 0 bridgehead atoms. The Morgan fingerprint density at radius 2 is 1.89 bits per heavy atom. The van der Waals surface area contributed by atoms with E-state index in [-0.39, 0.29) is 21.9 Å². The van der Waals surface area contributed by atoms with Crippen LogP contribution in [0.3, 0.4) is 0 Å². The highest BCUT2D eigenvalue weighted by atomic mass is 35.5. The molecular weight excluding hydrogens is 283 g/mol. The number of halogens is 2. The summed E-state index contributed by atoms with van der Waals surface area (Å²) < 4.78 is 0. The van der Waals surface area contributed by atoms with Crippen molar-refractivity contribution in [1.82, 2.24) is 10.3 Å². The summed E-state index contributed by atoms with van der Waals surface area (Å²) in [6.07, 6.45) is 1.39. The molecule has 1 aromatic heterocycles. The van der Waals surface area contributed by atoms with Gasteiger partial charge in [-0.05, 0) is 22.8 Å². The predicted molar refractivity (Wildman–Crippen MR) is 77.6 cm³/mol. The van der Waals surface area contributed by atoms with Crippen LogP contribution >= 0.6 is 23.2 Å². The van der Waals surface area contributed by atoms with Crippen molar-refractivity contribution in [2.24, 2.45) is 16.7 Å². The molecule has 0 saturated heterocycles. The van der Waals surface area contributed by atoms with E-state index in [0.29, 0.717) is 23.0 Å². The number of nitrogens with zero attached hydrogens (tertiary/aromatic N) is 1. The number of carbonyl (C=O) groups is 1. The second kappa shape index (κ2) is 4.64. The molecule has 1 fully saturated rings. The van der Waals surface area contributed by atoms with Gasteiger partial charge in [-0.3, -0.25) is 4.79 Å². The van der Waals surface area contributed by atoms with Crippen LogP contribution in [0.4, 0.5) is 0 Å². The highest BCUT2D eigenvalue weighted by Gasteiger charge is 2.64. The topological polar surface area (TPSA) is 42.0 Å². The first-order valence-corrected chi connectivity index (χ1v) is 7.03. The van der Waals surface area contributed by atoms with Gasteiger partial charge >= 0.3 is 0 Å². The highest BCUT2D eigenvalue weighted by molar-refractivity contribution is 6.35. The van der Waals surface area contributed by atoms with Gasteiger partial charge in [0.1, 0.15) is 5.15 Å². The number of pyridine rings is 1. The number of aromatic nitrogens is 1. The molecule has 5 heteroatoms. The second-order valence-corrected chi connectivity index (χ2v) is 6.99. The van der Waals surface area contributed by atoms with Crippen molar-refractivity contribution in [3.63, 3.8) is 0 Å². The van der Waals surface area contributed by atoms with Gasteiger partial charge < -0.3 is 5.32 Å². The van der Waals surface area contributed by atoms with Gasteiger partial charge in [-0.1, -0.05) is 50.9 Å². The Hall–Kier alpha value is -0.800. The Bertz CT molecular complexity index is 512. The molecule has 1 N–H and O–H groups in total. The van der Waals surface area contributed by atoms with E-state index >= 15 is 0 Å². The van der Waals surface area contributed by atoms with E-state index < -0.39 is 0 Å². The zero-order valence-corrected chi connectivity index (χ0v) is 13.1. The molecule has 0 atom stereocenters. The number of rotatable bonds is 3. The molecule has 3 nitrogen and oxygen atoms in total. The van der Waals surface area contributed by atoms with Crippen LogP contribution < -0.4 is 5.32 Å². The monoisotopic (exact) mass is 300 g/mol. The second-order valence-electron chi connectivity index (χ2n) is 6.19. The molecular formula is C14H18Cl2N2O. The van der Waals surface area contributed by atoms with Gasteiger partial charge in [-0.15, -0.1) is 0 Å². The van der Waals surface area contributed by atoms with E-state index in [0.717, 1.165) is 0 Å². The smallest absolute Gasteiger partial charge is 0.252 e. The van der Waals surface area contributed by atoms with E-state index in [2.05, 4.69) is 38.0 Å². The Labute approximate surface area is 123 Å². The van der Waals surface area contributed by atoms with Crippen molar-refractivity contribution in [2.45, 2.75) is 27.7 Å². The van der Waals surface area contributed by atoms with Gasteiger partial charge in [0.15, 0.2) is 0 Å². The minimum absolute atomic E-state index is 0.201. The number of nitrogens with one attached hydrogen (secondary N) is 1. The summed E-state index contributed by atoms with van der Waals surface area (Å²) in [5, 5.41) is 3.51. The van der Waals surface area contributed by atoms with Crippen LogP contribution in [0.1, 0.15) is 38.1 Å². The molecule has 0 radical (unpaired) electrons. The number of amides is 1. The number of hydrogen-bond acceptors (Lipinski definition) is 2. The molecule has 1 aliphatic carbocycles. The molecule has 19 heavy (non-hydrogen) atoms. The molecule has 104 valence electrons. The standard InChI is InChI=1S/C14H18Cl2N2O/c1-13(2)10(14(13,3)4)7-18-12(19)8-5-11(16)17-6-9(8)15/h5-6,10H,7H2,1-4H3,(H,18,19). The highest BCUT2D eigenvalue weighted by Crippen LogP contribution is 2.67. The third-order valence-corrected chi connectivity index (χ3v) is 5.36. The fraction of sp³-hybridized carbons (Fsp3) is 0.571. The Balaban J connectivity index is 2.02. The average Bonchev–Trinajstić information content (AvgIpc) is 2.70. The van der Waals surface area contributed by atoms with Gasteiger partial charge in [0.25, 0.3) is 5.91 Å². The lowest BCUT2D eigenvalue weighted by atomic mass is 10.0. The van der Waals surface area contributed by atoms with Crippen LogP contribution in [-0.4, -0.2) is 17.4 Å². The summed E-state index contributed by atoms with van der Waals surface area (Å²) in [5.41, 5.74) is 0.873. The molecule has 1 saturated carbocycles. The minimum Gasteiger partial charge on any atom is -0.352 e. The largest absolute Gasteiger partial charge is 0.352 e. The Morgan fingerprint density at radius 3 is 2.42 bits per heavy atom. The van der Waals surface area contributed by atoms with Crippen LogP contribution in [0.5, 0.6) is 0 Å². The SMILES string of the molecule is CC1(C)C(CNC(=O)c2cc(Cl)ncc2Cl)C1(C)C. The van der Waals surface area contributed by atoms with Crippen molar-refractivity contribution in [2.75, 3.05) is 6.54 Å². The number of hydrogen-bond donors (Lipinski definition) is 1. The van der Waals surface area contributed by atoms with E-state index in [9.17, 15) is 4.79 Å². The minimum atomic E-state index is -0.201. The first-order chi connectivity index (χ1) is 8.68. The van der Waals surface area contributed by atoms with Gasteiger partial charge in [0.05, 0.1) is 10.6 Å². The maximum absolute atomic E-state index is 12.1. The molecule has 0 unspecified atom stereocenters. The third-order valence-electron chi connectivity index (χ3n) is 4.85. The van der Waals surface area contributed by atoms with Crippen molar-refractivity contribution < 1.29 is 4.79 Å². The molecule has 1 amide bonds. The van der Waals surface area contributed by atoms with Gasteiger partial charge in [0.2, 0.25) is 0 Å². The van der Waals surface area contributed by atoms with Crippen LogP contribution in [0, 0.1) is 16.7 Å². The van der Waals surface area contributed by atoms with Crippen molar-refractivity contribution in [3.8, 4) is 0 Å². The van der Waals surface area contributed by atoms with E-state index in [1.54, 1.807) is 0 Å². The molecule has 0 spiro atoms. The molecule has 0 aliphatic heterocycles. The van der Waals surface area contributed by atoms with Crippen LogP contribution in [0.25, 0.3) is 0 Å². The Kier molecular flexibility index (Phi) is 3.56. The van der Waals surface area contributed by atoms with Crippen LogP contribution in [-0.2, 0) is 0 Å². The van der Waals surface area contributed by atoms with E-state index in [1.807, 2.05) is 0 Å². The Morgan fingerprint density at radius 1 is 1.32 bits per heavy atom. The van der Waals surface area contributed by atoms with Gasteiger partial charge in [-0.2, -0.15) is 0 Å². The maximum Gasteiger partial charge on any atom is 0.252 e. The zero-order valence-electron chi connectivity index (χ0n) is 11.6. The van der Waals surface area contributed by atoms with Crippen LogP contribution in [0.15, 0.2) is 12.3 Å². The normalized spacial score (nSPS) is 20.1. The lowest BCUT2D eigenvalue weighted by Crippen LogP contribution is -2.27. The summed E-state index contributed by atoms with van der Waals surface area (Å²) in [7, 11) is 0. The molecule has 1 aliphatic rings. The lowest BCUT2D eigenvalue weighted by molar-refractivity contribution is 0.0950. The first-order valence-electron chi connectivity index (χ1n) is 6.27. The van der Waals surface area contributed by atoms with Crippen molar-refractivity contribution in [1.29, 1.82) is 0 Å². The lowest BCUT2D eigenvalue weighted by Gasteiger charge is -2.08. The average molecular weight is 301 g/mol. The van der Waals surface area contributed by atoms with E-state index in [4.69, 9.17) is 23.2 Å². The van der Waals surface area contributed by atoms with Crippen molar-refractivity contribution in [3.05, 3.63) is 28.0 Å². The number of carbonyl (C=O) groups excluding carboxylic acids is 1. The summed E-state index contributed by atoms with van der Waals surface area (Å²) >= 11 is 11.7. The zero-order chi connectivity index (χ0) is 14.4. The van der Waals surface area contributed by atoms with Gasteiger partial charge in [-0.25, -0.2) is 4.98 Å². The van der Waals surface area contributed by atoms with Crippen LogP contribution in [0.2, 0.25) is 10.2 Å². The fourth-order valence-electron chi connectivity index (χ4n) is 2.72. The summed E-state index contributed by atoms with van der Waals surface area (Å²) in [5.74, 6) is 0.271. The summed E-state index contributed by atoms with van der Waals surface area (Å²) in [6.45, 7) is 9.54. The third kappa shape index (κ3) is 2.46. The molecule has 1 aromatic rings.